The Hall–Kier alpha value is -3.03. The zero-order valence-electron chi connectivity index (χ0n) is 19.5. The van der Waals surface area contributed by atoms with Gasteiger partial charge in [-0.15, -0.1) is 0 Å². The maximum atomic E-state index is 12.8. The first-order chi connectivity index (χ1) is 16.2. The van der Waals surface area contributed by atoms with Crippen molar-refractivity contribution in [3.63, 3.8) is 0 Å². The van der Waals surface area contributed by atoms with Crippen LogP contribution in [0.4, 0.5) is 0 Å². The normalized spacial score (nSPS) is 13.3. The zero-order chi connectivity index (χ0) is 24.8. The number of hydrogen-bond donors (Lipinski definition) is 3. The van der Waals surface area contributed by atoms with Crippen LogP contribution in [0.25, 0.3) is 10.9 Å². The molecule has 1 heterocycles. The SMILES string of the molecule is Cc1[nH]c2ccccc2c1/C=N\NC(=O)[C@@H](CC(C)C)NC(=O)[C@@H](C)Oc1ccc(Cl)cc1Cl. The summed E-state index contributed by atoms with van der Waals surface area (Å²) in [4.78, 5) is 28.9. The van der Waals surface area contributed by atoms with Gasteiger partial charge in [0, 0.05) is 27.2 Å². The minimum Gasteiger partial charge on any atom is -0.479 e. The van der Waals surface area contributed by atoms with Crippen LogP contribution in [0.2, 0.25) is 10.0 Å². The lowest BCUT2D eigenvalue weighted by atomic mass is 10.0. The first kappa shape index (κ1) is 25.6. The monoisotopic (exact) mass is 502 g/mol. The summed E-state index contributed by atoms with van der Waals surface area (Å²) in [6.45, 7) is 7.47. The van der Waals surface area contributed by atoms with Crippen LogP contribution in [0.3, 0.4) is 0 Å². The number of H-pyrrole nitrogens is 1. The zero-order valence-corrected chi connectivity index (χ0v) is 21.0. The standard InChI is InChI=1S/C25H28Cl2N4O3/c1-14(2)11-22(30-24(32)16(4)34-23-10-9-17(26)12-20(23)27)25(33)31-28-13-19-15(3)29-21-8-6-5-7-18(19)21/h5-10,12-14,16,22,29H,11H2,1-4H3,(H,30,32)(H,31,33)/b28-13-/t16-,22-/m1/s1. The topological polar surface area (TPSA) is 95.6 Å². The summed E-state index contributed by atoms with van der Waals surface area (Å²) in [5.41, 5.74) is 5.38. The highest BCUT2D eigenvalue weighted by atomic mass is 35.5. The highest BCUT2D eigenvalue weighted by molar-refractivity contribution is 6.35. The average molecular weight is 503 g/mol. The molecule has 0 aliphatic heterocycles. The van der Waals surface area contributed by atoms with Crippen LogP contribution in [0.15, 0.2) is 47.6 Å². The number of amides is 2. The largest absolute Gasteiger partial charge is 0.479 e. The summed E-state index contributed by atoms with van der Waals surface area (Å²) < 4.78 is 5.66. The van der Waals surface area contributed by atoms with E-state index in [0.717, 1.165) is 22.2 Å². The van der Waals surface area contributed by atoms with Gasteiger partial charge in [-0.3, -0.25) is 9.59 Å². The number of rotatable bonds is 9. The highest BCUT2D eigenvalue weighted by Gasteiger charge is 2.25. The van der Waals surface area contributed by atoms with E-state index in [4.69, 9.17) is 27.9 Å². The number of hydrazone groups is 1. The minimum atomic E-state index is -0.876. The van der Waals surface area contributed by atoms with E-state index < -0.39 is 24.0 Å². The van der Waals surface area contributed by atoms with E-state index >= 15 is 0 Å². The summed E-state index contributed by atoms with van der Waals surface area (Å²) in [7, 11) is 0. The van der Waals surface area contributed by atoms with Crippen molar-refractivity contribution in [2.45, 2.75) is 46.3 Å². The van der Waals surface area contributed by atoms with Crippen molar-refractivity contribution in [2.24, 2.45) is 11.0 Å². The molecule has 0 saturated carbocycles. The number of ether oxygens (including phenoxy) is 1. The molecular formula is C25H28Cl2N4O3. The van der Waals surface area contributed by atoms with Crippen molar-refractivity contribution in [3.05, 3.63) is 63.8 Å². The van der Waals surface area contributed by atoms with Gasteiger partial charge >= 0.3 is 0 Å². The number of aromatic amines is 1. The van der Waals surface area contributed by atoms with Gasteiger partial charge in [0.25, 0.3) is 11.8 Å². The number of fused-ring (bicyclic) bond motifs is 1. The molecule has 3 aromatic rings. The Balaban J connectivity index is 1.65. The first-order valence-electron chi connectivity index (χ1n) is 11.0. The third-order valence-electron chi connectivity index (χ3n) is 5.22. The molecule has 0 aliphatic carbocycles. The second kappa shape index (κ2) is 11.4. The van der Waals surface area contributed by atoms with Gasteiger partial charge in [0.15, 0.2) is 6.10 Å². The molecule has 0 spiro atoms. The van der Waals surface area contributed by atoms with E-state index in [1.807, 2.05) is 45.0 Å². The van der Waals surface area contributed by atoms with E-state index in [9.17, 15) is 9.59 Å². The van der Waals surface area contributed by atoms with Crippen LogP contribution < -0.4 is 15.5 Å². The number of halogens is 2. The fraction of sp³-hybridized carbons (Fsp3) is 0.320. The number of benzene rings is 2. The van der Waals surface area contributed by atoms with Gasteiger partial charge in [-0.05, 0) is 50.5 Å². The van der Waals surface area contributed by atoms with Crippen molar-refractivity contribution < 1.29 is 14.3 Å². The second-order valence-electron chi connectivity index (χ2n) is 8.47. The van der Waals surface area contributed by atoms with Crippen molar-refractivity contribution in [1.82, 2.24) is 15.7 Å². The predicted octanol–water partition coefficient (Wildman–Crippen LogP) is 5.23. The lowest BCUT2D eigenvalue weighted by Gasteiger charge is -2.22. The Morgan fingerprint density at radius 2 is 1.85 bits per heavy atom. The van der Waals surface area contributed by atoms with E-state index in [2.05, 4.69) is 20.8 Å². The maximum Gasteiger partial charge on any atom is 0.262 e. The predicted molar refractivity (Wildman–Crippen MR) is 137 cm³/mol. The molecule has 2 atom stereocenters. The smallest absolute Gasteiger partial charge is 0.262 e. The molecule has 2 aromatic carbocycles. The molecule has 0 aliphatic rings. The summed E-state index contributed by atoms with van der Waals surface area (Å²) >= 11 is 12.0. The molecule has 3 N–H and O–H groups in total. The fourth-order valence-corrected chi connectivity index (χ4v) is 3.96. The Kier molecular flexibility index (Phi) is 8.58. The number of nitrogens with one attached hydrogen (secondary N) is 3. The Bertz CT molecular complexity index is 1210. The van der Waals surface area contributed by atoms with Crippen LogP contribution in [-0.4, -0.2) is 35.2 Å². The molecule has 7 nitrogen and oxygen atoms in total. The van der Waals surface area contributed by atoms with Crippen LogP contribution in [0.5, 0.6) is 5.75 Å². The van der Waals surface area contributed by atoms with Gasteiger partial charge in [-0.1, -0.05) is 55.2 Å². The molecule has 34 heavy (non-hydrogen) atoms. The van der Waals surface area contributed by atoms with Gasteiger partial charge in [0.05, 0.1) is 11.2 Å². The quantitative estimate of drug-likeness (QED) is 0.276. The summed E-state index contributed by atoms with van der Waals surface area (Å²) in [6.07, 6.45) is 1.17. The third-order valence-corrected chi connectivity index (χ3v) is 5.75. The number of hydrogen-bond acceptors (Lipinski definition) is 4. The van der Waals surface area contributed by atoms with Gasteiger partial charge in [-0.2, -0.15) is 5.10 Å². The molecule has 3 rings (SSSR count). The number of para-hydroxylation sites is 1. The Labute approximate surface area is 208 Å². The number of nitrogens with zero attached hydrogens (tertiary/aromatic N) is 1. The lowest BCUT2D eigenvalue weighted by Crippen LogP contribution is -2.49. The third kappa shape index (κ3) is 6.52. The van der Waals surface area contributed by atoms with E-state index in [1.165, 1.54) is 6.07 Å². The van der Waals surface area contributed by atoms with E-state index in [-0.39, 0.29) is 5.92 Å². The lowest BCUT2D eigenvalue weighted by molar-refractivity contribution is -0.132. The number of aryl methyl sites for hydroxylation is 1. The summed E-state index contributed by atoms with van der Waals surface area (Å²) in [5, 5.41) is 8.67. The van der Waals surface area contributed by atoms with Crippen LogP contribution in [0.1, 0.15) is 38.4 Å². The van der Waals surface area contributed by atoms with Crippen molar-refractivity contribution >= 4 is 52.1 Å². The highest BCUT2D eigenvalue weighted by Crippen LogP contribution is 2.28. The molecule has 0 fully saturated rings. The molecule has 9 heteroatoms. The van der Waals surface area contributed by atoms with E-state index in [1.54, 1.807) is 25.3 Å². The maximum absolute atomic E-state index is 12.8. The van der Waals surface area contributed by atoms with Gasteiger partial charge in [0.2, 0.25) is 0 Å². The summed E-state index contributed by atoms with van der Waals surface area (Å²) in [6, 6.07) is 11.8. The first-order valence-corrected chi connectivity index (χ1v) is 11.7. The average Bonchev–Trinajstić information content (AvgIpc) is 3.09. The molecular weight excluding hydrogens is 475 g/mol. The van der Waals surface area contributed by atoms with Crippen molar-refractivity contribution in [1.29, 1.82) is 0 Å². The summed E-state index contributed by atoms with van der Waals surface area (Å²) in [5.74, 6) is -0.356. The van der Waals surface area contributed by atoms with Crippen LogP contribution in [0, 0.1) is 12.8 Å². The fourth-order valence-electron chi connectivity index (χ4n) is 3.51. The van der Waals surface area contributed by atoms with Crippen LogP contribution >= 0.6 is 23.2 Å². The number of carbonyl (C=O) groups excluding carboxylic acids is 2. The van der Waals surface area contributed by atoms with Gasteiger partial charge in [-0.25, -0.2) is 5.43 Å². The molecule has 0 radical (unpaired) electrons. The minimum absolute atomic E-state index is 0.165. The Morgan fingerprint density at radius 3 is 2.56 bits per heavy atom. The number of aromatic nitrogens is 1. The Morgan fingerprint density at radius 1 is 1.12 bits per heavy atom. The van der Waals surface area contributed by atoms with Crippen molar-refractivity contribution in [2.75, 3.05) is 0 Å². The molecule has 1 aromatic heterocycles. The van der Waals surface area contributed by atoms with E-state index in [0.29, 0.717) is 22.2 Å². The molecule has 2 amide bonds. The van der Waals surface area contributed by atoms with Crippen molar-refractivity contribution in [3.8, 4) is 5.75 Å². The second-order valence-corrected chi connectivity index (χ2v) is 9.31. The molecule has 0 saturated heterocycles. The van der Waals surface area contributed by atoms with Gasteiger partial charge in [0.1, 0.15) is 11.8 Å². The molecule has 180 valence electrons. The molecule has 0 bridgehead atoms. The van der Waals surface area contributed by atoms with Gasteiger partial charge < -0.3 is 15.0 Å². The molecule has 0 unspecified atom stereocenters. The van der Waals surface area contributed by atoms with Crippen LogP contribution in [-0.2, 0) is 9.59 Å². The number of carbonyl (C=O) groups is 2.